The van der Waals surface area contributed by atoms with E-state index in [1.165, 1.54) is 11.6 Å². The minimum atomic E-state index is -0.313. The molecule has 236 valence electrons. The van der Waals surface area contributed by atoms with Gasteiger partial charge in [-0.25, -0.2) is 4.39 Å². The van der Waals surface area contributed by atoms with Crippen molar-refractivity contribution in [3.8, 4) is 0 Å². The van der Waals surface area contributed by atoms with Gasteiger partial charge in [0.15, 0.2) is 5.43 Å². The van der Waals surface area contributed by atoms with Crippen LogP contribution in [0.25, 0.3) is 10.9 Å². The Kier molecular flexibility index (Phi) is 8.31. The summed E-state index contributed by atoms with van der Waals surface area (Å²) in [6, 6.07) is 12.7. The summed E-state index contributed by atoms with van der Waals surface area (Å²) in [5.74, 6) is -0.313. The monoisotopic (exact) mass is 609 g/mol. The van der Waals surface area contributed by atoms with Crippen LogP contribution in [0.1, 0.15) is 61.2 Å². The number of aromatic nitrogens is 3. The third kappa shape index (κ3) is 6.47. The van der Waals surface area contributed by atoms with E-state index in [2.05, 4.69) is 71.9 Å². The minimum Gasteiger partial charge on any atom is -0.369 e. The average Bonchev–Trinajstić information content (AvgIpc) is 3.88. The summed E-state index contributed by atoms with van der Waals surface area (Å²) in [5, 5.41) is 3.93. The third-order valence-electron chi connectivity index (χ3n) is 9.72. The number of piperidine rings is 1. The van der Waals surface area contributed by atoms with Crippen LogP contribution in [0.3, 0.4) is 0 Å². The Hall–Kier alpha value is -3.82. The summed E-state index contributed by atoms with van der Waals surface area (Å²) in [7, 11) is 0. The number of pyridine rings is 3. The normalized spacial score (nSPS) is 20.7. The molecule has 3 aliphatic rings. The van der Waals surface area contributed by atoms with E-state index in [1.807, 2.05) is 32.3 Å². The molecule has 0 radical (unpaired) electrons. The Morgan fingerprint density at radius 2 is 1.84 bits per heavy atom. The van der Waals surface area contributed by atoms with Gasteiger partial charge in [-0.15, -0.1) is 0 Å². The number of nitrogens with zero attached hydrogens (tertiary/aromatic N) is 6. The van der Waals surface area contributed by atoms with Gasteiger partial charge in [0.25, 0.3) is 0 Å². The van der Waals surface area contributed by atoms with Crippen LogP contribution in [-0.4, -0.2) is 64.2 Å². The molecule has 1 aromatic carbocycles. The Morgan fingerprint density at radius 1 is 0.978 bits per heavy atom. The number of halogens is 1. The summed E-state index contributed by atoms with van der Waals surface area (Å²) in [5.41, 5.74) is 6.43. The predicted octanol–water partition coefficient (Wildman–Crippen LogP) is 5.35. The molecule has 45 heavy (non-hydrogen) atoms. The highest BCUT2D eigenvalue weighted by atomic mass is 19.1. The van der Waals surface area contributed by atoms with Gasteiger partial charge >= 0.3 is 0 Å². The van der Waals surface area contributed by atoms with Crippen molar-refractivity contribution in [1.82, 2.24) is 24.8 Å². The first-order chi connectivity index (χ1) is 21.8. The molecule has 2 aliphatic heterocycles. The van der Waals surface area contributed by atoms with E-state index in [0.29, 0.717) is 30.2 Å². The zero-order chi connectivity index (χ0) is 31.1. The molecule has 0 unspecified atom stereocenters. The molecular formula is C36H44FN7O. The van der Waals surface area contributed by atoms with Crippen LogP contribution in [0.5, 0.6) is 0 Å². The molecule has 2 atom stereocenters. The van der Waals surface area contributed by atoms with Crippen molar-refractivity contribution in [1.29, 1.82) is 0 Å². The SMILES string of the molecule is Cc1ccc(N2CCC[C@H](N(Cc3ccnc(C)c3)Cc3cn(C4CC4)c4cc(N5CCN[C@H](C)C5)c(F)cc4c3=O)C2)cn1. The molecule has 3 aromatic heterocycles. The van der Waals surface area contributed by atoms with Gasteiger partial charge in [-0.3, -0.25) is 19.7 Å². The van der Waals surface area contributed by atoms with Gasteiger partial charge in [0.05, 0.1) is 23.1 Å². The fourth-order valence-corrected chi connectivity index (χ4v) is 7.18. The van der Waals surface area contributed by atoms with Crippen molar-refractivity contribution in [2.75, 3.05) is 42.5 Å². The largest absolute Gasteiger partial charge is 0.369 e. The minimum absolute atomic E-state index is 0.0627. The molecule has 2 saturated heterocycles. The predicted molar refractivity (Wildman–Crippen MR) is 179 cm³/mol. The molecular weight excluding hydrogens is 565 g/mol. The van der Waals surface area contributed by atoms with Crippen molar-refractivity contribution >= 4 is 22.3 Å². The second kappa shape index (κ2) is 12.5. The quantitative estimate of drug-likeness (QED) is 0.289. The molecule has 0 spiro atoms. The Bertz CT molecular complexity index is 1730. The van der Waals surface area contributed by atoms with Crippen molar-refractivity contribution in [3.05, 3.63) is 93.5 Å². The van der Waals surface area contributed by atoms with E-state index < -0.39 is 0 Å². The molecule has 1 aliphatic carbocycles. The lowest BCUT2D eigenvalue weighted by atomic mass is 10.0. The van der Waals surface area contributed by atoms with Crippen molar-refractivity contribution in [2.45, 2.75) is 77.7 Å². The maximum absolute atomic E-state index is 15.8. The molecule has 7 rings (SSSR count). The lowest BCUT2D eigenvalue weighted by Crippen LogP contribution is -2.49. The number of rotatable bonds is 8. The summed E-state index contributed by atoms with van der Waals surface area (Å²) in [6.45, 7) is 11.5. The summed E-state index contributed by atoms with van der Waals surface area (Å²) < 4.78 is 18.0. The number of aryl methyl sites for hydroxylation is 2. The molecule has 3 fully saturated rings. The zero-order valence-corrected chi connectivity index (χ0v) is 26.7. The molecule has 4 aromatic rings. The van der Waals surface area contributed by atoms with Crippen molar-refractivity contribution in [2.24, 2.45) is 0 Å². The van der Waals surface area contributed by atoms with Crippen LogP contribution in [0, 0.1) is 19.7 Å². The Labute approximate surface area is 264 Å². The number of hydrogen-bond acceptors (Lipinski definition) is 7. The number of benzene rings is 1. The van der Waals surface area contributed by atoms with Gasteiger partial charge in [-0.2, -0.15) is 0 Å². The molecule has 1 N–H and O–H groups in total. The van der Waals surface area contributed by atoms with E-state index in [9.17, 15) is 4.79 Å². The summed E-state index contributed by atoms with van der Waals surface area (Å²) in [6.07, 6.45) is 10.2. The number of piperazine rings is 1. The van der Waals surface area contributed by atoms with E-state index in [1.54, 1.807) is 0 Å². The number of anilines is 2. The van der Waals surface area contributed by atoms with Crippen LogP contribution in [0.15, 0.2) is 59.8 Å². The van der Waals surface area contributed by atoms with E-state index in [-0.39, 0.29) is 23.3 Å². The van der Waals surface area contributed by atoms with Gasteiger partial charge in [-0.05, 0) is 88.4 Å². The fourth-order valence-electron chi connectivity index (χ4n) is 7.18. The summed E-state index contributed by atoms with van der Waals surface area (Å²) in [4.78, 5) is 30.1. The van der Waals surface area contributed by atoms with Crippen LogP contribution in [0.4, 0.5) is 15.8 Å². The molecule has 0 bridgehead atoms. The highest BCUT2D eigenvalue weighted by Gasteiger charge is 2.30. The van der Waals surface area contributed by atoms with Crippen LogP contribution >= 0.6 is 0 Å². The van der Waals surface area contributed by atoms with E-state index in [4.69, 9.17) is 0 Å². The lowest BCUT2D eigenvalue weighted by Gasteiger charge is -2.40. The van der Waals surface area contributed by atoms with Gasteiger partial charge in [-0.1, -0.05) is 0 Å². The second-order valence-electron chi connectivity index (χ2n) is 13.4. The second-order valence-corrected chi connectivity index (χ2v) is 13.4. The van der Waals surface area contributed by atoms with Crippen LogP contribution in [0.2, 0.25) is 0 Å². The van der Waals surface area contributed by atoms with Gasteiger partial charge in [0.2, 0.25) is 0 Å². The standard InChI is InChI=1S/C36H44FN7O/c1-24-6-7-30(18-40-24)41-13-4-5-31(23-41)43(20-27-10-11-38-25(2)15-27)21-28-22-44(29-8-9-29)34-17-35(33(37)16-32(34)36(28)45)42-14-12-39-26(3)19-42/h6-7,10-11,15-18,22,26,29,31,39H,4-5,8-9,12-14,19-21,23H2,1-3H3/t26-,31+/m1/s1. The highest BCUT2D eigenvalue weighted by Crippen LogP contribution is 2.38. The average molecular weight is 610 g/mol. The first-order valence-electron chi connectivity index (χ1n) is 16.5. The zero-order valence-electron chi connectivity index (χ0n) is 26.7. The maximum atomic E-state index is 15.8. The number of hydrogen-bond donors (Lipinski definition) is 1. The highest BCUT2D eigenvalue weighted by molar-refractivity contribution is 5.84. The Balaban J connectivity index is 1.25. The van der Waals surface area contributed by atoms with Gasteiger partial charge < -0.3 is 19.7 Å². The van der Waals surface area contributed by atoms with Crippen molar-refractivity contribution in [3.63, 3.8) is 0 Å². The summed E-state index contributed by atoms with van der Waals surface area (Å²) >= 11 is 0. The van der Waals surface area contributed by atoms with Crippen molar-refractivity contribution < 1.29 is 4.39 Å². The smallest absolute Gasteiger partial charge is 0.193 e. The lowest BCUT2D eigenvalue weighted by molar-refractivity contribution is 0.158. The Morgan fingerprint density at radius 3 is 2.60 bits per heavy atom. The first-order valence-corrected chi connectivity index (χ1v) is 16.5. The molecule has 8 nitrogen and oxygen atoms in total. The number of fused-ring (bicyclic) bond motifs is 1. The van der Waals surface area contributed by atoms with Gasteiger partial charge in [0, 0.05) is 98.7 Å². The molecule has 9 heteroatoms. The molecule has 5 heterocycles. The molecule has 1 saturated carbocycles. The number of nitrogens with one attached hydrogen (secondary N) is 1. The van der Waals surface area contributed by atoms with Gasteiger partial charge in [0.1, 0.15) is 5.82 Å². The first kappa shape index (κ1) is 29.9. The fraction of sp³-hybridized carbons (Fsp3) is 0.472. The topological polar surface area (TPSA) is 69.5 Å². The van der Waals surface area contributed by atoms with Crippen LogP contribution in [-0.2, 0) is 13.1 Å². The van der Waals surface area contributed by atoms with Crippen LogP contribution < -0.4 is 20.5 Å². The van der Waals surface area contributed by atoms with E-state index in [0.717, 1.165) is 86.6 Å². The van der Waals surface area contributed by atoms with E-state index >= 15 is 4.39 Å². The third-order valence-corrected chi connectivity index (χ3v) is 9.72. The maximum Gasteiger partial charge on any atom is 0.193 e. The molecule has 0 amide bonds.